The molecular weight excluding hydrogens is 391 g/mol. The number of esters is 1. The Morgan fingerprint density at radius 3 is 2.67 bits per heavy atom. The number of Topliss-reactive ketones (excluding diaryl/α,β-unsaturated/α-hetero) is 1. The highest BCUT2D eigenvalue weighted by atomic mass is 19.1. The summed E-state index contributed by atoms with van der Waals surface area (Å²) in [6.45, 7) is 0.782. The number of hydrogen-bond acceptors (Lipinski definition) is 7. The van der Waals surface area contributed by atoms with E-state index in [4.69, 9.17) is 13.9 Å². The van der Waals surface area contributed by atoms with Gasteiger partial charge in [0.2, 0.25) is 0 Å². The molecule has 156 valence electrons. The number of halogens is 1. The van der Waals surface area contributed by atoms with Crippen molar-refractivity contribution in [2.75, 3.05) is 31.7 Å². The standard InChI is InChI=1S/C22H21FN2O5/c1-28-19-7-6-15(12-16(19)23)18(26)13-29-21(27)14-8-10-25(11-9-14)22-24-17-4-2-3-5-20(17)30-22/h2-7,12,14H,8-11,13H2,1H3. The normalized spacial score (nSPS) is 14.7. The van der Waals surface area contributed by atoms with Crippen molar-refractivity contribution in [3.05, 3.63) is 53.8 Å². The number of benzene rings is 2. The van der Waals surface area contributed by atoms with Crippen LogP contribution in [0.5, 0.6) is 5.75 Å². The topological polar surface area (TPSA) is 81.9 Å². The summed E-state index contributed by atoms with van der Waals surface area (Å²) in [6, 6.07) is 12.0. The molecule has 1 saturated heterocycles. The summed E-state index contributed by atoms with van der Waals surface area (Å²) in [5.74, 6) is -1.77. The minimum atomic E-state index is -0.638. The molecule has 0 atom stereocenters. The Morgan fingerprint density at radius 2 is 1.97 bits per heavy atom. The van der Waals surface area contributed by atoms with Gasteiger partial charge in [-0.15, -0.1) is 0 Å². The van der Waals surface area contributed by atoms with E-state index in [0.717, 1.165) is 17.2 Å². The second kappa shape index (κ2) is 8.52. The number of ketones is 1. The number of anilines is 1. The van der Waals surface area contributed by atoms with Crippen LogP contribution in [0.2, 0.25) is 0 Å². The van der Waals surface area contributed by atoms with Crippen LogP contribution in [0.4, 0.5) is 10.4 Å². The van der Waals surface area contributed by atoms with Gasteiger partial charge in [-0.2, -0.15) is 4.98 Å². The lowest BCUT2D eigenvalue weighted by molar-refractivity contribution is -0.148. The molecular formula is C22H21FN2O5. The Bertz CT molecular complexity index is 1040. The van der Waals surface area contributed by atoms with Crippen molar-refractivity contribution in [3.63, 3.8) is 0 Å². The van der Waals surface area contributed by atoms with Gasteiger partial charge in [-0.05, 0) is 43.2 Å². The maximum Gasteiger partial charge on any atom is 0.309 e. The number of methoxy groups -OCH3 is 1. The lowest BCUT2D eigenvalue weighted by atomic mass is 9.97. The minimum absolute atomic E-state index is 0.0502. The Hall–Kier alpha value is -3.42. The highest BCUT2D eigenvalue weighted by Gasteiger charge is 2.28. The second-order valence-electron chi connectivity index (χ2n) is 7.11. The lowest BCUT2D eigenvalue weighted by Gasteiger charge is -2.29. The third-order valence-electron chi connectivity index (χ3n) is 5.20. The van der Waals surface area contributed by atoms with Crippen LogP contribution >= 0.6 is 0 Å². The number of para-hydroxylation sites is 2. The number of fused-ring (bicyclic) bond motifs is 1. The molecule has 8 heteroatoms. The number of piperidine rings is 1. The number of oxazole rings is 1. The summed E-state index contributed by atoms with van der Waals surface area (Å²) < 4.78 is 29.5. The van der Waals surface area contributed by atoms with Crippen LogP contribution in [0, 0.1) is 11.7 Å². The molecule has 3 aromatic rings. The molecule has 0 unspecified atom stereocenters. The summed E-state index contributed by atoms with van der Waals surface area (Å²) in [6.07, 6.45) is 1.14. The van der Waals surface area contributed by atoms with Crippen molar-refractivity contribution in [1.29, 1.82) is 0 Å². The van der Waals surface area contributed by atoms with Gasteiger partial charge >= 0.3 is 5.97 Å². The van der Waals surface area contributed by atoms with Crippen LogP contribution in [0.25, 0.3) is 11.1 Å². The van der Waals surface area contributed by atoms with E-state index < -0.39 is 24.2 Å². The van der Waals surface area contributed by atoms with Crippen LogP contribution in [0.1, 0.15) is 23.2 Å². The molecule has 0 N–H and O–H groups in total. The summed E-state index contributed by atoms with van der Waals surface area (Å²) >= 11 is 0. The third-order valence-corrected chi connectivity index (χ3v) is 5.20. The predicted octanol–water partition coefficient (Wildman–Crippen LogP) is 3.62. The third kappa shape index (κ3) is 4.12. The average Bonchev–Trinajstić information content (AvgIpc) is 3.21. The van der Waals surface area contributed by atoms with Crippen LogP contribution < -0.4 is 9.64 Å². The molecule has 0 amide bonds. The van der Waals surface area contributed by atoms with Crippen LogP contribution in [-0.2, 0) is 9.53 Å². The zero-order chi connectivity index (χ0) is 21.1. The molecule has 4 rings (SSSR count). The Kier molecular flexibility index (Phi) is 5.65. The number of hydrogen-bond donors (Lipinski definition) is 0. The monoisotopic (exact) mass is 412 g/mol. The van der Waals surface area contributed by atoms with Crippen molar-refractivity contribution in [2.24, 2.45) is 5.92 Å². The molecule has 0 saturated carbocycles. The van der Waals surface area contributed by atoms with Crippen LogP contribution in [-0.4, -0.2) is 43.5 Å². The van der Waals surface area contributed by atoms with Gasteiger partial charge in [-0.3, -0.25) is 9.59 Å². The maximum absolute atomic E-state index is 13.7. The number of ether oxygens (including phenoxy) is 2. The average molecular weight is 412 g/mol. The van der Waals surface area contributed by atoms with E-state index in [2.05, 4.69) is 4.98 Å². The Morgan fingerprint density at radius 1 is 1.20 bits per heavy atom. The molecule has 0 bridgehead atoms. The van der Waals surface area contributed by atoms with E-state index in [9.17, 15) is 14.0 Å². The first kappa shape index (κ1) is 19.9. The fourth-order valence-electron chi connectivity index (χ4n) is 3.48. The van der Waals surface area contributed by atoms with Crippen molar-refractivity contribution in [1.82, 2.24) is 4.98 Å². The van der Waals surface area contributed by atoms with E-state index >= 15 is 0 Å². The first-order chi connectivity index (χ1) is 14.5. The molecule has 1 aliphatic heterocycles. The van der Waals surface area contributed by atoms with Crippen molar-refractivity contribution >= 4 is 28.9 Å². The molecule has 7 nitrogen and oxygen atoms in total. The number of carbonyl (C=O) groups is 2. The SMILES string of the molecule is COc1ccc(C(=O)COC(=O)C2CCN(c3nc4ccccc4o3)CC2)cc1F. The fourth-order valence-corrected chi connectivity index (χ4v) is 3.48. The first-order valence-electron chi connectivity index (χ1n) is 9.69. The summed E-state index contributed by atoms with van der Waals surface area (Å²) in [5, 5.41) is 0. The van der Waals surface area contributed by atoms with Gasteiger partial charge in [0.1, 0.15) is 5.52 Å². The van der Waals surface area contributed by atoms with Gasteiger partial charge < -0.3 is 18.8 Å². The van der Waals surface area contributed by atoms with Crippen molar-refractivity contribution < 1.29 is 27.9 Å². The quantitative estimate of drug-likeness (QED) is 0.452. The Labute approximate surface area is 172 Å². The van der Waals surface area contributed by atoms with E-state index in [-0.39, 0.29) is 17.2 Å². The van der Waals surface area contributed by atoms with E-state index in [1.54, 1.807) is 0 Å². The lowest BCUT2D eigenvalue weighted by Crippen LogP contribution is -2.37. The van der Waals surface area contributed by atoms with Crippen molar-refractivity contribution in [3.8, 4) is 5.75 Å². The first-order valence-corrected chi connectivity index (χ1v) is 9.69. The fraction of sp³-hybridized carbons (Fsp3) is 0.318. The second-order valence-corrected chi connectivity index (χ2v) is 7.11. The summed E-state index contributed by atoms with van der Waals surface area (Å²) in [4.78, 5) is 31.0. The number of carbonyl (C=O) groups excluding carboxylic acids is 2. The van der Waals surface area contributed by atoms with Crippen LogP contribution in [0.15, 0.2) is 46.9 Å². The smallest absolute Gasteiger partial charge is 0.309 e. The number of rotatable bonds is 6. The van der Waals surface area contributed by atoms with E-state index in [1.165, 1.54) is 19.2 Å². The van der Waals surface area contributed by atoms with E-state index in [0.29, 0.717) is 31.9 Å². The molecule has 1 aromatic heterocycles. The number of aromatic nitrogens is 1. The van der Waals surface area contributed by atoms with Gasteiger partial charge in [0.15, 0.2) is 29.5 Å². The Balaban J connectivity index is 1.29. The zero-order valence-corrected chi connectivity index (χ0v) is 16.5. The summed E-state index contributed by atoms with van der Waals surface area (Å²) in [5.41, 5.74) is 1.65. The van der Waals surface area contributed by atoms with Gasteiger partial charge in [0.25, 0.3) is 6.01 Å². The van der Waals surface area contributed by atoms with Gasteiger partial charge in [0, 0.05) is 18.7 Å². The van der Waals surface area contributed by atoms with Crippen molar-refractivity contribution in [2.45, 2.75) is 12.8 Å². The highest BCUT2D eigenvalue weighted by molar-refractivity contribution is 5.98. The number of nitrogens with zero attached hydrogens (tertiary/aromatic N) is 2. The van der Waals surface area contributed by atoms with Gasteiger partial charge in [-0.25, -0.2) is 4.39 Å². The molecule has 0 aliphatic carbocycles. The molecule has 2 heterocycles. The van der Waals surface area contributed by atoms with E-state index in [1.807, 2.05) is 29.2 Å². The molecule has 1 fully saturated rings. The largest absolute Gasteiger partial charge is 0.494 e. The molecule has 2 aromatic carbocycles. The molecule has 0 spiro atoms. The predicted molar refractivity (Wildman–Crippen MR) is 107 cm³/mol. The molecule has 0 radical (unpaired) electrons. The maximum atomic E-state index is 13.7. The van der Waals surface area contributed by atoms with Gasteiger partial charge in [-0.1, -0.05) is 12.1 Å². The summed E-state index contributed by atoms with van der Waals surface area (Å²) in [7, 11) is 1.34. The highest BCUT2D eigenvalue weighted by Crippen LogP contribution is 2.27. The minimum Gasteiger partial charge on any atom is -0.494 e. The molecule has 30 heavy (non-hydrogen) atoms. The zero-order valence-electron chi connectivity index (χ0n) is 16.5. The molecule has 1 aliphatic rings. The van der Waals surface area contributed by atoms with Crippen LogP contribution in [0.3, 0.4) is 0 Å². The van der Waals surface area contributed by atoms with Gasteiger partial charge in [0.05, 0.1) is 13.0 Å².